The molecule has 0 atom stereocenters. The van der Waals surface area contributed by atoms with Crippen molar-refractivity contribution in [3.63, 3.8) is 0 Å². The standard InChI is InChI=1S/C18H38N2O/c1-5-6-7-8-9-10-11-12-13-14-15-19-16-17(21)20-18(2,3)4/h19H,5-16H2,1-4H3,(H,20,21). The lowest BCUT2D eigenvalue weighted by atomic mass is 10.1. The predicted molar refractivity (Wildman–Crippen MR) is 92.6 cm³/mol. The first-order valence-electron chi connectivity index (χ1n) is 8.97. The molecule has 0 radical (unpaired) electrons. The topological polar surface area (TPSA) is 41.1 Å². The number of carbonyl (C=O) groups is 1. The van der Waals surface area contributed by atoms with E-state index in [0.29, 0.717) is 6.54 Å². The SMILES string of the molecule is CCCCCCCCCCCCNCC(=O)NC(C)(C)C. The van der Waals surface area contributed by atoms with Crippen molar-refractivity contribution in [1.82, 2.24) is 10.6 Å². The summed E-state index contributed by atoms with van der Waals surface area (Å²) < 4.78 is 0. The zero-order chi connectivity index (χ0) is 16.0. The Morgan fingerprint density at radius 3 is 1.76 bits per heavy atom. The molecule has 0 spiro atoms. The van der Waals surface area contributed by atoms with Gasteiger partial charge in [-0.25, -0.2) is 0 Å². The van der Waals surface area contributed by atoms with Gasteiger partial charge in [-0.05, 0) is 33.7 Å². The monoisotopic (exact) mass is 298 g/mol. The van der Waals surface area contributed by atoms with Gasteiger partial charge in [-0.2, -0.15) is 0 Å². The lowest BCUT2D eigenvalue weighted by molar-refractivity contribution is -0.121. The first-order chi connectivity index (χ1) is 9.95. The Bertz CT molecular complexity index is 246. The van der Waals surface area contributed by atoms with Crippen LogP contribution in [0.4, 0.5) is 0 Å². The lowest BCUT2D eigenvalue weighted by Gasteiger charge is -2.20. The van der Waals surface area contributed by atoms with Crippen LogP contribution in [0.2, 0.25) is 0 Å². The molecule has 2 N–H and O–H groups in total. The van der Waals surface area contributed by atoms with Crippen LogP contribution in [0.1, 0.15) is 91.9 Å². The van der Waals surface area contributed by atoms with Gasteiger partial charge in [0.05, 0.1) is 6.54 Å². The predicted octanol–water partition coefficient (Wildman–Crippen LogP) is 4.41. The van der Waals surface area contributed by atoms with Crippen LogP contribution in [0, 0.1) is 0 Å². The zero-order valence-corrected chi connectivity index (χ0v) is 14.9. The van der Waals surface area contributed by atoms with Gasteiger partial charge < -0.3 is 10.6 Å². The van der Waals surface area contributed by atoms with E-state index >= 15 is 0 Å². The van der Waals surface area contributed by atoms with Gasteiger partial charge in [0.2, 0.25) is 5.91 Å². The first-order valence-corrected chi connectivity index (χ1v) is 8.97. The Hall–Kier alpha value is -0.570. The summed E-state index contributed by atoms with van der Waals surface area (Å²) in [6.07, 6.45) is 13.5. The molecule has 0 fully saturated rings. The highest BCUT2D eigenvalue weighted by Crippen LogP contribution is 2.10. The molecule has 0 aromatic heterocycles. The van der Waals surface area contributed by atoms with Crippen LogP contribution in [0.5, 0.6) is 0 Å². The van der Waals surface area contributed by atoms with Gasteiger partial charge in [-0.1, -0.05) is 64.7 Å². The maximum absolute atomic E-state index is 11.6. The van der Waals surface area contributed by atoms with Crippen LogP contribution in [-0.4, -0.2) is 24.5 Å². The van der Waals surface area contributed by atoms with Crippen LogP contribution in [-0.2, 0) is 4.79 Å². The van der Waals surface area contributed by atoms with Crippen LogP contribution < -0.4 is 10.6 Å². The summed E-state index contributed by atoms with van der Waals surface area (Å²) in [5.41, 5.74) is -0.129. The number of nitrogens with one attached hydrogen (secondary N) is 2. The van der Waals surface area contributed by atoms with Crippen molar-refractivity contribution in [3.05, 3.63) is 0 Å². The molecule has 0 aromatic rings. The van der Waals surface area contributed by atoms with Gasteiger partial charge in [0, 0.05) is 5.54 Å². The van der Waals surface area contributed by atoms with E-state index in [-0.39, 0.29) is 11.4 Å². The fourth-order valence-electron chi connectivity index (χ4n) is 2.40. The van der Waals surface area contributed by atoms with E-state index < -0.39 is 0 Å². The molecule has 126 valence electrons. The fraction of sp³-hybridized carbons (Fsp3) is 0.944. The molecule has 21 heavy (non-hydrogen) atoms. The molecule has 0 bridgehead atoms. The van der Waals surface area contributed by atoms with Crippen molar-refractivity contribution in [2.45, 2.75) is 97.4 Å². The number of hydrogen-bond donors (Lipinski definition) is 2. The average molecular weight is 299 g/mol. The molecular formula is C18H38N2O. The first kappa shape index (κ1) is 20.4. The Morgan fingerprint density at radius 2 is 1.29 bits per heavy atom. The maximum Gasteiger partial charge on any atom is 0.234 e. The summed E-state index contributed by atoms with van der Waals surface area (Å²) in [7, 11) is 0. The summed E-state index contributed by atoms with van der Waals surface area (Å²) in [5, 5.41) is 6.18. The van der Waals surface area contributed by atoms with E-state index in [9.17, 15) is 4.79 Å². The van der Waals surface area contributed by atoms with E-state index in [1.54, 1.807) is 0 Å². The minimum absolute atomic E-state index is 0.0922. The molecule has 1 amide bonds. The van der Waals surface area contributed by atoms with Gasteiger partial charge in [-0.3, -0.25) is 4.79 Å². The van der Waals surface area contributed by atoms with Crippen LogP contribution in [0.15, 0.2) is 0 Å². The number of unbranched alkanes of at least 4 members (excludes halogenated alkanes) is 9. The van der Waals surface area contributed by atoms with E-state index in [1.807, 2.05) is 20.8 Å². The summed E-state index contributed by atoms with van der Waals surface area (Å²) in [6, 6.07) is 0. The number of rotatable bonds is 13. The van der Waals surface area contributed by atoms with E-state index in [0.717, 1.165) is 6.54 Å². The summed E-state index contributed by atoms with van der Waals surface area (Å²) in [6.45, 7) is 9.68. The third-order valence-corrected chi connectivity index (χ3v) is 3.51. The van der Waals surface area contributed by atoms with Crippen molar-refractivity contribution in [3.8, 4) is 0 Å². The van der Waals surface area contributed by atoms with Crippen LogP contribution in [0.25, 0.3) is 0 Å². The number of carbonyl (C=O) groups excluding carboxylic acids is 1. The highest BCUT2D eigenvalue weighted by molar-refractivity contribution is 5.78. The van der Waals surface area contributed by atoms with Crippen molar-refractivity contribution in [2.24, 2.45) is 0 Å². The highest BCUT2D eigenvalue weighted by Gasteiger charge is 2.12. The van der Waals surface area contributed by atoms with Crippen molar-refractivity contribution < 1.29 is 4.79 Å². The van der Waals surface area contributed by atoms with Crippen molar-refractivity contribution in [1.29, 1.82) is 0 Å². The van der Waals surface area contributed by atoms with Crippen LogP contribution in [0.3, 0.4) is 0 Å². The molecule has 0 unspecified atom stereocenters. The molecule has 0 rings (SSSR count). The summed E-state index contributed by atoms with van der Waals surface area (Å²) >= 11 is 0. The molecule has 0 aromatic carbocycles. The van der Waals surface area contributed by atoms with Gasteiger partial charge >= 0.3 is 0 Å². The second-order valence-corrected chi connectivity index (χ2v) is 7.16. The zero-order valence-electron chi connectivity index (χ0n) is 14.9. The van der Waals surface area contributed by atoms with Crippen molar-refractivity contribution in [2.75, 3.05) is 13.1 Å². The fourth-order valence-corrected chi connectivity index (χ4v) is 2.40. The van der Waals surface area contributed by atoms with Crippen LogP contribution >= 0.6 is 0 Å². The van der Waals surface area contributed by atoms with E-state index in [4.69, 9.17) is 0 Å². The molecular weight excluding hydrogens is 260 g/mol. The quantitative estimate of drug-likeness (QED) is 0.494. The maximum atomic E-state index is 11.6. The molecule has 0 aliphatic carbocycles. The molecule has 0 heterocycles. The van der Waals surface area contributed by atoms with E-state index in [1.165, 1.54) is 64.2 Å². The molecule has 0 saturated carbocycles. The molecule has 3 heteroatoms. The van der Waals surface area contributed by atoms with Gasteiger partial charge in [0.25, 0.3) is 0 Å². The molecule has 0 saturated heterocycles. The number of amides is 1. The normalized spacial score (nSPS) is 11.6. The summed E-state index contributed by atoms with van der Waals surface area (Å²) in [4.78, 5) is 11.6. The Balaban J connectivity index is 3.17. The molecule has 0 aliphatic heterocycles. The molecule has 0 aliphatic rings. The largest absolute Gasteiger partial charge is 0.350 e. The van der Waals surface area contributed by atoms with Gasteiger partial charge in [0.15, 0.2) is 0 Å². The Morgan fingerprint density at radius 1 is 0.810 bits per heavy atom. The second-order valence-electron chi connectivity index (χ2n) is 7.16. The third-order valence-electron chi connectivity index (χ3n) is 3.51. The minimum Gasteiger partial charge on any atom is -0.350 e. The van der Waals surface area contributed by atoms with E-state index in [2.05, 4.69) is 17.6 Å². The third kappa shape index (κ3) is 17.4. The second kappa shape index (κ2) is 13.1. The smallest absolute Gasteiger partial charge is 0.234 e. The van der Waals surface area contributed by atoms with Gasteiger partial charge in [0.1, 0.15) is 0 Å². The Labute approximate surface area is 132 Å². The Kier molecular flexibility index (Phi) is 12.8. The number of hydrogen-bond acceptors (Lipinski definition) is 2. The minimum atomic E-state index is -0.129. The lowest BCUT2D eigenvalue weighted by Crippen LogP contribution is -2.44. The summed E-state index contributed by atoms with van der Waals surface area (Å²) in [5.74, 6) is 0.0922. The van der Waals surface area contributed by atoms with Crippen molar-refractivity contribution >= 4 is 5.91 Å². The average Bonchev–Trinajstić information content (AvgIpc) is 2.38. The van der Waals surface area contributed by atoms with Gasteiger partial charge in [-0.15, -0.1) is 0 Å². The highest BCUT2D eigenvalue weighted by atomic mass is 16.2. The molecule has 3 nitrogen and oxygen atoms in total.